The lowest BCUT2D eigenvalue weighted by molar-refractivity contribution is 0.150. The fourth-order valence-corrected chi connectivity index (χ4v) is 3.74. The van der Waals surface area contributed by atoms with Crippen LogP contribution in [0.3, 0.4) is 0 Å². The van der Waals surface area contributed by atoms with Gasteiger partial charge in [0, 0.05) is 0 Å². The lowest BCUT2D eigenvalue weighted by Gasteiger charge is -2.11. The number of hydrogen-bond acceptors (Lipinski definition) is 3. The largest absolute Gasteiger partial charge is 0.393 e. The molecule has 5 heteroatoms. The molecule has 0 aromatic heterocycles. The van der Waals surface area contributed by atoms with E-state index in [4.69, 9.17) is 4.55 Å². The molecule has 0 amide bonds. The van der Waals surface area contributed by atoms with Crippen LogP contribution >= 0.6 is 0 Å². The molecule has 0 rings (SSSR count). The van der Waals surface area contributed by atoms with Gasteiger partial charge in [-0.2, -0.15) is 8.42 Å². The van der Waals surface area contributed by atoms with Gasteiger partial charge in [0.05, 0.1) is 11.4 Å². The predicted octanol–water partition coefficient (Wildman–Crippen LogP) is 4.71. The lowest BCUT2D eigenvalue weighted by Crippen LogP contribution is -2.19. The van der Waals surface area contributed by atoms with Gasteiger partial charge in [0.15, 0.2) is 0 Å². The van der Waals surface area contributed by atoms with Crippen LogP contribution in [0.15, 0.2) is 0 Å². The molecular weight excluding hydrogens is 300 g/mol. The maximum atomic E-state index is 11.1. The minimum absolute atomic E-state index is 0.112. The van der Waals surface area contributed by atoms with Gasteiger partial charge < -0.3 is 5.11 Å². The normalized spacial score (nSPS) is 14.9. The molecule has 0 spiro atoms. The van der Waals surface area contributed by atoms with Gasteiger partial charge in [-0.25, -0.2) is 0 Å². The van der Waals surface area contributed by atoms with Gasteiger partial charge in [0.1, 0.15) is 0 Å². The topological polar surface area (TPSA) is 74.6 Å². The van der Waals surface area contributed by atoms with Crippen molar-refractivity contribution in [1.82, 2.24) is 0 Å². The van der Waals surface area contributed by atoms with E-state index in [2.05, 4.69) is 6.92 Å². The summed E-state index contributed by atoms with van der Waals surface area (Å²) in [5.41, 5.74) is 0. The standard InChI is InChI=1S/C17H36O4S/c1-3-13-16(18)14-11-9-7-5-6-8-10-12-15-17(4-2)22(19,20)21/h16-18H,3-15H2,1-2H3,(H,19,20,21). The summed E-state index contributed by atoms with van der Waals surface area (Å²) in [5, 5.41) is 9.03. The molecule has 2 unspecified atom stereocenters. The third-order valence-electron chi connectivity index (χ3n) is 4.31. The monoisotopic (exact) mass is 336 g/mol. The van der Waals surface area contributed by atoms with Crippen LogP contribution in [0.1, 0.15) is 97.3 Å². The second kappa shape index (κ2) is 13.3. The Bertz CT molecular complexity index is 341. The molecule has 22 heavy (non-hydrogen) atoms. The Labute approximate surface area is 137 Å². The van der Waals surface area contributed by atoms with E-state index in [9.17, 15) is 13.5 Å². The molecule has 0 saturated heterocycles. The summed E-state index contributed by atoms with van der Waals surface area (Å²) in [6, 6.07) is 0. The number of rotatable bonds is 15. The van der Waals surface area contributed by atoms with Crippen LogP contribution in [-0.4, -0.2) is 29.4 Å². The third-order valence-corrected chi connectivity index (χ3v) is 5.72. The molecule has 0 aromatic rings. The molecule has 2 atom stereocenters. The molecule has 0 saturated carbocycles. The van der Waals surface area contributed by atoms with Crippen LogP contribution in [0.5, 0.6) is 0 Å². The van der Waals surface area contributed by atoms with Crippen LogP contribution in [0.25, 0.3) is 0 Å². The van der Waals surface area contributed by atoms with Gasteiger partial charge in [0.25, 0.3) is 10.1 Å². The first-order valence-electron chi connectivity index (χ1n) is 9.06. The Balaban J connectivity index is 3.37. The molecule has 0 aliphatic carbocycles. The van der Waals surface area contributed by atoms with Crippen molar-refractivity contribution in [3.8, 4) is 0 Å². The Morgan fingerprint density at radius 1 is 0.773 bits per heavy atom. The highest BCUT2D eigenvalue weighted by atomic mass is 32.2. The van der Waals surface area contributed by atoms with Crippen LogP contribution < -0.4 is 0 Å². The van der Waals surface area contributed by atoms with Crippen molar-refractivity contribution in [1.29, 1.82) is 0 Å². The maximum absolute atomic E-state index is 11.1. The van der Waals surface area contributed by atoms with Gasteiger partial charge >= 0.3 is 0 Å². The van der Waals surface area contributed by atoms with E-state index in [1.54, 1.807) is 6.92 Å². The van der Waals surface area contributed by atoms with E-state index in [1.165, 1.54) is 25.7 Å². The van der Waals surface area contributed by atoms with E-state index >= 15 is 0 Å². The second-order valence-electron chi connectivity index (χ2n) is 6.39. The molecule has 0 fully saturated rings. The van der Waals surface area contributed by atoms with Gasteiger partial charge in [-0.1, -0.05) is 71.6 Å². The second-order valence-corrected chi connectivity index (χ2v) is 8.09. The summed E-state index contributed by atoms with van der Waals surface area (Å²) >= 11 is 0. The van der Waals surface area contributed by atoms with E-state index < -0.39 is 15.4 Å². The molecule has 2 N–H and O–H groups in total. The van der Waals surface area contributed by atoms with E-state index in [0.29, 0.717) is 12.8 Å². The number of aliphatic hydroxyl groups excluding tert-OH is 1. The third kappa shape index (κ3) is 12.4. The molecule has 0 radical (unpaired) electrons. The Morgan fingerprint density at radius 2 is 1.23 bits per heavy atom. The van der Waals surface area contributed by atoms with Crippen molar-refractivity contribution in [3.63, 3.8) is 0 Å². The molecule has 0 aliphatic heterocycles. The first-order chi connectivity index (χ1) is 10.4. The zero-order valence-electron chi connectivity index (χ0n) is 14.5. The first-order valence-corrected chi connectivity index (χ1v) is 10.6. The minimum atomic E-state index is -3.85. The van der Waals surface area contributed by atoms with E-state index in [0.717, 1.165) is 44.9 Å². The van der Waals surface area contributed by atoms with Crippen LogP contribution in [0, 0.1) is 0 Å². The number of hydrogen-bond donors (Lipinski definition) is 2. The highest BCUT2D eigenvalue weighted by Gasteiger charge is 2.19. The Morgan fingerprint density at radius 3 is 1.64 bits per heavy atom. The highest BCUT2D eigenvalue weighted by Crippen LogP contribution is 2.16. The maximum Gasteiger partial charge on any atom is 0.267 e. The summed E-state index contributed by atoms with van der Waals surface area (Å²) in [6.07, 6.45) is 12.9. The summed E-state index contributed by atoms with van der Waals surface area (Å²) in [5.74, 6) is 0. The summed E-state index contributed by atoms with van der Waals surface area (Å²) in [6.45, 7) is 3.90. The fraction of sp³-hybridized carbons (Fsp3) is 1.00. The first kappa shape index (κ1) is 21.9. The van der Waals surface area contributed by atoms with Gasteiger partial charge in [0.2, 0.25) is 0 Å². The average molecular weight is 337 g/mol. The highest BCUT2D eigenvalue weighted by molar-refractivity contribution is 7.86. The van der Waals surface area contributed by atoms with E-state index in [-0.39, 0.29) is 6.10 Å². The molecule has 134 valence electrons. The molecule has 4 nitrogen and oxygen atoms in total. The average Bonchev–Trinajstić information content (AvgIpc) is 2.43. The number of aliphatic hydroxyl groups is 1. The van der Waals surface area contributed by atoms with Crippen molar-refractivity contribution >= 4 is 10.1 Å². The van der Waals surface area contributed by atoms with Crippen molar-refractivity contribution in [2.75, 3.05) is 0 Å². The van der Waals surface area contributed by atoms with E-state index in [1.807, 2.05) is 0 Å². The van der Waals surface area contributed by atoms with Gasteiger partial charge in [-0.05, 0) is 25.7 Å². The predicted molar refractivity (Wildman–Crippen MR) is 92.7 cm³/mol. The quantitative estimate of drug-likeness (QED) is 0.335. The zero-order chi connectivity index (χ0) is 16.8. The molecule has 0 bridgehead atoms. The molecule has 0 aliphatic rings. The fourth-order valence-electron chi connectivity index (χ4n) is 2.85. The lowest BCUT2D eigenvalue weighted by atomic mass is 10.0. The SMILES string of the molecule is CCCC(O)CCCCCCCCCCC(CC)S(=O)(=O)O. The Kier molecular flexibility index (Phi) is 13.2. The summed E-state index contributed by atoms with van der Waals surface area (Å²) in [4.78, 5) is 0. The van der Waals surface area contributed by atoms with Crippen LogP contribution in [0.2, 0.25) is 0 Å². The molecule has 0 aromatic carbocycles. The van der Waals surface area contributed by atoms with Crippen molar-refractivity contribution in [2.24, 2.45) is 0 Å². The van der Waals surface area contributed by atoms with Crippen LogP contribution in [-0.2, 0) is 10.1 Å². The van der Waals surface area contributed by atoms with Gasteiger partial charge in [-0.3, -0.25) is 4.55 Å². The number of unbranched alkanes of at least 4 members (excludes halogenated alkanes) is 7. The summed E-state index contributed by atoms with van der Waals surface area (Å²) in [7, 11) is -3.85. The zero-order valence-corrected chi connectivity index (χ0v) is 15.3. The smallest absolute Gasteiger partial charge is 0.267 e. The summed E-state index contributed by atoms with van der Waals surface area (Å²) < 4.78 is 31.1. The molecular formula is C17H36O4S. The molecule has 0 heterocycles. The van der Waals surface area contributed by atoms with Crippen molar-refractivity contribution in [3.05, 3.63) is 0 Å². The van der Waals surface area contributed by atoms with Crippen LogP contribution in [0.4, 0.5) is 0 Å². The van der Waals surface area contributed by atoms with Gasteiger partial charge in [-0.15, -0.1) is 0 Å². The minimum Gasteiger partial charge on any atom is -0.393 e. The van der Waals surface area contributed by atoms with Crippen molar-refractivity contribution in [2.45, 2.75) is 109 Å². The Hall–Kier alpha value is -0.130. The van der Waals surface area contributed by atoms with Crippen molar-refractivity contribution < 1.29 is 18.1 Å².